The number of aromatic nitrogens is 1. The highest BCUT2D eigenvalue weighted by molar-refractivity contribution is 5.92. The lowest BCUT2D eigenvalue weighted by Gasteiger charge is -2.10. The molecule has 1 saturated heterocycles. The van der Waals surface area contributed by atoms with Gasteiger partial charge in [-0.25, -0.2) is 4.98 Å². The van der Waals surface area contributed by atoms with Crippen LogP contribution in [0.25, 0.3) is 0 Å². The number of nitrogens with zero attached hydrogens (tertiary/aromatic N) is 1. The van der Waals surface area contributed by atoms with Crippen molar-refractivity contribution >= 4 is 11.6 Å². The molecule has 0 spiro atoms. The molecule has 1 aromatic heterocycles. The summed E-state index contributed by atoms with van der Waals surface area (Å²) in [6.45, 7) is 1.38. The summed E-state index contributed by atoms with van der Waals surface area (Å²) in [5.41, 5.74) is -0.692. The maximum atomic E-state index is 12.3. The van der Waals surface area contributed by atoms with Crippen LogP contribution in [0.3, 0.4) is 0 Å². The van der Waals surface area contributed by atoms with Crippen molar-refractivity contribution in [2.24, 2.45) is 5.92 Å². The van der Waals surface area contributed by atoms with Crippen molar-refractivity contribution in [2.45, 2.75) is 12.6 Å². The van der Waals surface area contributed by atoms with Gasteiger partial charge in [-0.05, 0) is 25.1 Å². The molecule has 1 aliphatic heterocycles. The molecule has 1 aliphatic rings. The highest BCUT2D eigenvalue weighted by Crippen LogP contribution is 2.27. The van der Waals surface area contributed by atoms with Gasteiger partial charge < -0.3 is 10.6 Å². The number of halogens is 3. The van der Waals surface area contributed by atoms with Gasteiger partial charge in [-0.3, -0.25) is 4.79 Å². The number of nitrogens with one attached hydrogen (secondary N) is 2. The van der Waals surface area contributed by atoms with Crippen molar-refractivity contribution in [3.8, 4) is 0 Å². The summed E-state index contributed by atoms with van der Waals surface area (Å²) in [7, 11) is 0. The van der Waals surface area contributed by atoms with E-state index in [9.17, 15) is 18.0 Å². The molecule has 1 amide bonds. The Hall–Kier alpha value is -1.63. The third kappa shape index (κ3) is 2.98. The van der Waals surface area contributed by atoms with Gasteiger partial charge >= 0.3 is 6.18 Å². The van der Waals surface area contributed by atoms with E-state index in [1.165, 1.54) is 6.07 Å². The van der Waals surface area contributed by atoms with Crippen molar-refractivity contribution in [1.82, 2.24) is 10.3 Å². The lowest BCUT2D eigenvalue weighted by atomic mass is 10.1. The SMILES string of the molecule is O=C(Nc1ccc(C(F)(F)F)nc1)C1CCNC1. The van der Waals surface area contributed by atoms with Crippen LogP contribution < -0.4 is 10.6 Å². The maximum absolute atomic E-state index is 12.3. The van der Waals surface area contributed by atoms with Gasteiger partial charge in [0.1, 0.15) is 5.69 Å². The van der Waals surface area contributed by atoms with Gasteiger partial charge in [-0.15, -0.1) is 0 Å². The van der Waals surface area contributed by atoms with E-state index in [1.807, 2.05) is 0 Å². The standard InChI is InChI=1S/C11H12F3N3O/c12-11(13,14)9-2-1-8(6-16-9)17-10(18)7-3-4-15-5-7/h1-2,6-7,15H,3-5H2,(H,17,18). The molecule has 0 aromatic carbocycles. The largest absolute Gasteiger partial charge is 0.433 e. The van der Waals surface area contributed by atoms with Crippen molar-refractivity contribution < 1.29 is 18.0 Å². The van der Waals surface area contributed by atoms with E-state index < -0.39 is 11.9 Å². The van der Waals surface area contributed by atoms with Gasteiger partial charge in [0.25, 0.3) is 0 Å². The van der Waals surface area contributed by atoms with E-state index in [4.69, 9.17) is 0 Å². The van der Waals surface area contributed by atoms with Crippen LogP contribution in [-0.4, -0.2) is 24.0 Å². The maximum Gasteiger partial charge on any atom is 0.433 e. The molecule has 7 heteroatoms. The first-order chi connectivity index (χ1) is 8.47. The number of rotatable bonds is 2. The number of hydrogen-bond acceptors (Lipinski definition) is 3. The van der Waals surface area contributed by atoms with Crippen LogP contribution in [0, 0.1) is 5.92 Å². The summed E-state index contributed by atoms with van der Waals surface area (Å²) in [6, 6.07) is 2.05. The average Bonchev–Trinajstić information content (AvgIpc) is 2.82. The molecule has 0 saturated carbocycles. The van der Waals surface area contributed by atoms with Gasteiger partial charge in [-0.2, -0.15) is 13.2 Å². The van der Waals surface area contributed by atoms with Crippen molar-refractivity contribution in [2.75, 3.05) is 18.4 Å². The van der Waals surface area contributed by atoms with Crippen LogP contribution in [0.1, 0.15) is 12.1 Å². The predicted molar refractivity (Wildman–Crippen MR) is 58.8 cm³/mol. The lowest BCUT2D eigenvalue weighted by molar-refractivity contribution is -0.141. The highest BCUT2D eigenvalue weighted by atomic mass is 19.4. The van der Waals surface area contributed by atoms with Crippen LogP contribution in [0.4, 0.5) is 18.9 Å². The molecular weight excluding hydrogens is 247 g/mol. The zero-order chi connectivity index (χ0) is 13.2. The minimum absolute atomic E-state index is 0.132. The Bertz CT molecular complexity index is 424. The second kappa shape index (κ2) is 4.93. The number of pyridine rings is 1. The van der Waals surface area contributed by atoms with E-state index in [0.717, 1.165) is 25.2 Å². The van der Waals surface area contributed by atoms with Crippen LogP contribution in [0.2, 0.25) is 0 Å². The van der Waals surface area contributed by atoms with Crippen LogP contribution >= 0.6 is 0 Å². The van der Waals surface area contributed by atoms with Crippen molar-refractivity contribution in [1.29, 1.82) is 0 Å². The minimum Gasteiger partial charge on any atom is -0.324 e. The summed E-state index contributed by atoms with van der Waals surface area (Å²) in [6.07, 6.45) is -2.71. The van der Waals surface area contributed by atoms with E-state index in [2.05, 4.69) is 15.6 Å². The second-order valence-electron chi connectivity index (χ2n) is 4.11. The molecule has 1 unspecified atom stereocenters. The molecule has 1 fully saturated rings. The summed E-state index contributed by atoms with van der Waals surface area (Å²) < 4.78 is 36.8. The Balaban J connectivity index is 2.00. The summed E-state index contributed by atoms with van der Waals surface area (Å²) >= 11 is 0. The first-order valence-electron chi connectivity index (χ1n) is 5.51. The molecule has 98 valence electrons. The summed E-state index contributed by atoms with van der Waals surface area (Å²) in [5.74, 6) is -0.325. The fourth-order valence-electron chi connectivity index (χ4n) is 1.76. The first kappa shape index (κ1) is 12.8. The molecule has 1 atom stereocenters. The number of alkyl halides is 3. The zero-order valence-electron chi connectivity index (χ0n) is 9.42. The first-order valence-corrected chi connectivity index (χ1v) is 5.51. The number of carbonyl (C=O) groups excluding carboxylic acids is 1. The number of anilines is 1. The van der Waals surface area contributed by atoms with Gasteiger partial charge in [0.05, 0.1) is 17.8 Å². The predicted octanol–water partition coefficient (Wildman–Crippen LogP) is 1.65. The smallest absolute Gasteiger partial charge is 0.324 e. The third-order valence-electron chi connectivity index (χ3n) is 2.75. The Morgan fingerprint density at radius 2 is 2.22 bits per heavy atom. The van der Waals surface area contributed by atoms with E-state index in [-0.39, 0.29) is 17.5 Å². The number of amides is 1. The topological polar surface area (TPSA) is 54.0 Å². The molecule has 0 bridgehead atoms. The van der Waals surface area contributed by atoms with Crippen LogP contribution in [0.5, 0.6) is 0 Å². The fourth-order valence-corrected chi connectivity index (χ4v) is 1.76. The second-order valence-corrected chi connectivity index (χ2v) is 4.11. The molecular formula is C11H12F3N3O. The molecule has 18 heavy (non-hydrogen) atoms. The average molecular weight is 259 g/mol. The van der Waals surface area contributed by atoms with Gasteiger partial charge in [0.15, 0.2) is 0 Å². The molecule has 2 rings (SSSR count). The molecule has 1 aromatic rings. The summed E-state index contributed by atoms with van der Waals surface area (Å²) in [4.78, 5) is 15.0. The van der Waals surface area contributed by atoms with Gasteiger partial charge in [-0.1, -0.05) is 0 Å². The Labute approximate surface area is 102 Å². The zero-order valence-corrected chi connectivity index (χ0v) is 9.42. The van der Waals surface area contributed by atoms with Gasteiger partial charge in [0, 0.05) is 6.54 Å². The van der Waals surface area contributed by atoms with Crippen molar-refractivity contribution in [3.63, 3.8) is 0 Å². The van der Waals surface area contributed by atoms with Crippen LogP contribution in [-0.2, 0) is 11.0 Å². The monoisotopic (exact) mass is 259 g/mol. The molecule has 4 nitrogen and oxygen atoms in total. The van der Waals surface area contributed by atoms with E-state index in [0.29, 0.717) is 6.54 Å². The highest BCUT2D eigenvalue weighted by Gasteiger charge is 2.32. The molecule has 0 aliphatic carbocycles. The number of carbonyl (C=O) groups is 1. The summed E-state index contributed by atoms with van der Waals surface area (Å²) in [5, 5.41) is 5.60. The van der Waals surface area contributed by atoms with Crippen molar-refractivity contribution in [3.05, 3.63) is 24.0 Å². The molecule has 0 radical (unpaired) electrons. The Kier molecular flexibility index (Phi) is 3.51. The molecule has 2 N–H and O–H groups in total. The fraction of sp³-hybridized carbons (Fsp3) is 0.455. The third-order valence-corrected chi connectivity index (χ3v) is 2.75. The number of hydrogen-bond donors (Lipinski definition) is 2. The van der Waals surface area contributed by atoms with Crippen LogP contribution in [0.15, 0.2) is 18.3 Å². The van der Waals surface area contributed by atoms with E-state index in [1.54, 1.807) is 0 Å². The lowest BCUT2D eigenvalue weighted by Crippen LogP contribution is -2.24. The quantitative estimate of drug-likeness (QED) is 0.849. The Morgan fingerprint density at radius 3 is 2.72 bits per heavy atom. The minimum atomic E-state index is -4.46. The van der Waals surface area contributed by atoms with E-state index >= 15 is 0 Å². The Morgan fingerprint density at radius 1 is 1.44 bits per heavy atom. The molecule has 2 heterocycles. The normalized spacial score (nSPS) is 19.8. The van der Waals surface area contributed by atoms with Gasteiger partial charge in [0.2, 0.25) is 5.91 Å².